The first-order chi connectivity index (χ1) is 13.0. The maximum absolute atomic E-state index is 13.1. The normalized spacial score (nSPS) is 17.1. The Balaban J connectivity index is 1.60. The Labute approximate surface area is 156 Å². The van der Waals surface area contributed by atoms with Crippen LogP contribution in [0.15, 0.2) is 36.4 Å². The number of hydrogen-bond donors (Lipinski definition) is 2. The summed E-state index contributed by atoms with van der Waals surface area (Å²) in [4.78, 5) is 30.2. The lowest BCUT2D eigenvalue weighted by Gasteiger charge is -2.27. The second-order valence-electron chi connectivity index (χ2n) is 7.05. The molecule has 2 N–H and O–H groups in total. The van der Waals surface area contributed by atoms with Crippen LogP contribution in [-0.4, -0.2) is 28.6 Å². The second-order valence-corrected chi connectivity index (χ2v) is 7.05. The summed E-state index contributed by atoms with van der Waals surface area (Å²) in [7, 11) is 0. The summed E-state index contributed by atoms with van der Waals surface area (Å²) in [6, 6.07) is 9.18. The average molecular weight is 369 g/mol. The summed E-state index contributed by atoms with van der Waals surface area (Å²) in [6.07, 6.45) is 2.34. The molecule has 2 aromatic rings. The van der Waals surface area contributed by atoms with Crippen molar-refractivity contribution in [1.82, 2.24) is 4.98 Å². The maximum Gasteiger partial charge on any atom is 0.411 e. The van der Waals surface area contributed by atoms with Crippen molar-refractivity contribution in [3.63, 3.8) is 0 Å². The number of hydrogen-bond acceptors (Lipinski definition) is 3. The molecule has 0 spiro atoms. The second kappa shape index (κ2) is 6.98. The van der Waals surface area contributed by atoms with Crippen LogP contribution in [0.5, 0.6) is 0 Å². The first-order valence-corrected chi connectivity index (χ1v) is 9.09. The van der Waals surface area contributed by atoms with Crippen LogP contribution in [0, 0.1) is 11.7 Å². The molecule has 1 saturated carbocycles. The van der Waals surface area contributed by atoms with E-state index in [0.29, 0.717) is 36.5 Å². The van der Waals surface area contributed by atoms with Crippen LogP contribution in [-0.2, 0) is 11.2 Å². The minimum Gasteiger partial charge on any atom is -0.465 e. The Kier molecular flexibility index (Phi) is 4.51. The van der Waals surface area contributed by atoms with Gasteiger partial charge in [0.15, 0.2) is 0 Å². The van der Waals surface area contributed by atoms with Crippen molar-refractivity contribution in [2.24, 2.45) is 5.92 Å². The molecule has 0 saturated heterocycles. The van der Waals surface area contributed by atoms with Crippen molar-refractivity contribution >= 4 is 23.4 Å². The van der Waals surface area contributed by atoms with Gasteiger partial charge in [-0.05, 0) is 68.0 Å². The van der Waals surface area contributed by atoms with Gasteiger partial charge < -0.3 is 10.4 Å². The summed E-state index contributed by atoms with van der Waals surface area (Å²) in [5, 5.41) is 12.2. The van der Waals surface area contributed by atoms with E-state index in [1.165, 1.54) is 29.2 Å². The molecule has 4 rings (SSSR count). The monoisotopic (exact) mass is 369 g/mol. The summed E-state index contributed by atoms with van der Waals surface area (Å²) in [6.45, 7) is 0.459. The summed E-state index contributed by atoms with van der Waals surface area (Å²) in [5.74, 6) is -0.677. The van der Waals surface area contributed by atoms with E-state index in [0.717, 1.165) is 18.5 Å². The van der Waals surface area contributed by atoms with Crippen molar-refractivity contribution in [3.8, 4) is 0 Å². The zero-order valence-electron chi connectivity index (χ0n) is 14.7. The molecule has 1 atom stereocenters. The lowest BCUT2D eigenvalue weighted by atomic mass is 9.96. The lowest BCUT2D eigenvalue weighted by molar-refractivity contribution is -0.118. The van der Waals surface area contributed by atoms with E-state index >= 15 is 0 Å². The summed E-state index contributed by atoms with van der Waals surface area (Å²) in [5.41, 5.74) is 2.54. The number of fused-ring (bicyclic) bond motifs is 1. The summed E-state index contributed by atoms with van der Waals surface area (Å²) >= 11 is 0. The Morgan fingerprint density at radius 1 is 1.19 bits per heavy atom. The number of carboxylic acid groups (broad SMARTS) is 1. The van der Waals surface area contributed by atoms with Gasteiger partial charge in [0.05, 0.1) is 23.0 Å². The van der Waals surface area contributed by atoms with E-state index in [1.54, 1.807) is 12.1 Å². The van der Waals surface area contributed by atoms with Crippen LogP contribution in [0.3, 0.4) is 0 Å². The average Bonchev–Trinajstić information content (AvgIpc) is 3.48. The lowest BCUT2D eigenvalue weighted by Crippen LogP contribution is -2.35. The first-order valence-electron chi connectivity index (χ1n) is 9.09. The van der Waals surface area contributed by atoms with Crippen LogP contribution in [0.1, 0.15) is 36.6 Å². The number of anilines is 2. The molecule has 1 fully saturated rings. The third-order valence-corrected chi connectivity index (χ3v) is 5.09. The smallest absolute Gasteiger partial charge is 0.411 e. The molecule has 7 heteroatoms. The van der Waals surface area contributed by atoms with E-state index in [1.807, 2.05) is 0 Å². The third-order valence-electron chi connectivity index (χ3n) is 5.09. The highest BCUT2D eigenvalue weighted by Crippen LogP contribution is 2.43. The van der Waals surface area contributed by atoms with Gasteiger partial charge in [0, 0.05) is 12.2 Å². The molecular formula is C20H20FN3O3. The van der Waals surface area contributed by atoms with Crippen molar-refractivity contribution in [3.05, 3.63) is 53.6 Å². The fourth-order valence-corrected chi connectivity index (χ4v) is 3.61. The minimum absolute atomic E-state index is 0.164. The van der Waals surface area contributed by atoms with E-state index in [9.17, 15) is 19.1 Å². The molecule has 6 nitrogen and oxygen atoms in total. The first kappa shape index (κ1) is 17.5. The van der Waals surface area contributed by atoms with E-state index in [-0.39, 0.29) is 23.6 Å². The molecule has 2 heterocycles. The van der Waals surface area contributed by atoms with Gasteiger partial charge in [0.1, 0.15) is 5.82 Å². The quantitative estimate of drug-likeness (QED) is 0.859. The Morgan fingerprint density at radius 3 is 2.59 bits per heavy atom. The Morgan fingerprint density at radius 2 is 1.93 bits per heavy atom. The van der Waals surface area contributed by atoms with Crippen molar-refractivity contribution < 1.29 is 19.1 Å². The highest BCUT2D eigenvalue weighted by Gasteiger charge is 2.39. The minimum atomic E-state index is -0.988. The number of rotatable bonds is 4. The van der Waals surface area contributed by atoms with Crippen molar-refractivity contribution in [2.75, 3.05) is 16.8 Å². The van der Waals surface area contributed by atoms with E-state index in [4.69, 9.17) is 0 Å². The number of halogens is 1. The molecule has 0 radical (unpaired) electrons. The van der Waals surface area contributed by atoms with Gasteiger partial charge in [0.25, 0.3) is 0 Å². The van der Waals surface area contributed by atoms with Gasteiger partial charge >= 0.3 is 6.09 Å². The number of carbonyl (C=O) groups excluding carboxylic acids is 1. The van der Waals surface area contributed by atoms with E-state index in [2.05, 4.69) is 10.3 Å². The van der Waals surface area contributed by atoms with Crippen LogP contribution >= 0.6 is 0 Å². The predicted octanol–water partition coefficient (Wildman–Crippen LogP) is 3.78. The Hall–Kier alpha value is -2.96. The van der Waals surface area contributed by atoms with Crippen molar-refractivity contribution in [2.45, 2.75) is 31.6 Å². The molecule has 2 aliphatic rings. The predicted molar refractivity (Wildman–Crippen MR) is 98.4 cm³/mol. The van der Waals surface area contributed by atoms with Crippen molar-refractivity contribution in [1.29, 1.82) is 0 Å². The van der Waals surface area contributed by atoms with Gasteiger partial charge in [0.2, 0.25) is 5.91 Å². The summed E-state index contributed by atoms with van der Waals surface area (Å²) < 4.78 is 13.1. The van der Waals surface area contributed by atoms with Gasteiger partial charge in [-0.3, -0.25) is 14.7 Å². The fraction of sp³-hybridized carbons (Fsp3) is 0.350. The van der Waals surface area contributed by atoms with Gasteiger partial charge in [-0.25, -0.2) is 9.18 Å². The molecule has 1 aliphatic carbocycles. The number of nitrogens with one attached hydrogen (secondary N) is 1. The molecule has 1 aromatic heterocycles. The van der Waals surface area contributed by atoms with Crippen LogP contribution in [0.2, 0.25) is 0 Å². The third kappa shape index (κ3) is 3.63. The molecule has 27 heavy (non-hydrogen) atoms. The molecule has 1 aromatic carbocycles. The molecule has 1 aliphatic heterocycles. The van der Waals surface area contributed by atoms with Crippen LogP contribution in [0.4, 0.5) is 20.6 Å². The number of pyridine rings is 1. The highest BCUT2D eigenvalue weighted by molar-refractivity contribution is 5.96. The largest absolute Gasteiger partial charge is 0.465 e. The number of amides is 2. The standard InChI is InChI=1S/C20H20FN3O3/c21-13-5-7-14(8-6-13)22-19(25)18(12-3-4-12)16-9-10-17-15(23-16)2-1-11-24(17)20(26)27/h5-10,12,18H,1-4,11H2,(H,22,25)(H,26,27). The topological polar surface area (TPSA) is 82.5 Å². The number of nitrogens with zero attached hydrogens (tertiary/aromatic N) is 2. The number of aryl methyl sites for hydroxylation is 1. The Bertz CT molecular complexity index is 881. The van der Waals surface area contributed by atoms with E-state index < -0.39 is 6.09 Å². The maximum atomic E-state index is 13.1. The molecule has 140 valence electrons. The van der Waals surface area contributed by atoms with Crippen LogP contribution < -0.4 is 10.2 Å². The van der Waals surface area contributed by atoms with Gasteiger partial charge in [-0.15, -0.1) is 0 Å². The fourth-order valence-electron chi connectivity index (χ4n) is 3.61. The zero-order valence-corrected chi connectivity index (χ0v) is 14.7. The molecule has 1 unspecified atom stereocenters. The number of aromatic nitrogens is 1. The number of carbonyl (C=O) groups is 2. The number of benzene rings is 1. The SMILES string of the molecule is O=C(Nc1ccc(F)cc1)C(c1ccc2c(n1)CCCN2C(=O)O)C1CC1. The van der Waals surface area contributed by atoms with Gasteiger partial charge in [-0.1, -0.05) is 0 Å². The highest BCUT2D eigenvalue weighted by atomic mass is 19.1. The zero-order chi connectivity index (χ0) is 19.0. The van der Waals surface area contributed by atoms with Crippen LogP contribution in [0.25, 0.3) is 0 Å². The van der Waals surface area contributed by atoms with Gasteiger partial charge in [-0.2, -0.15) is 0 Å². The molecule has 0 bridgehead atoms. The molecule has 2 amide bonds. The molecular weight excluding hydrogens is 349 g/mol.